The van der Waals surface area contributed by atoms with Crippen LogP contribution in [0.3, 0.4) is 0 Å². The summed E-state index contributed by atoms with van der Waals surface area (Å²) >= 11 is 9.25. The Morgan fingerprint density at radius 2 is 2.18 bits per heavy atom. The Hall–Kier alpha value is -1.59. The predicted octanol–water partition coefficient (Wildman–Crippen LogP) is 4.32. The van der Waals surface area contributed by atoms with E-state index in [1.54, 1.807) is 48.4 Å². The van der Waals surface area contributed by atoms with E-state index >= 15 is 0 Å². The van der Waals surface area contributed by atoms with Crippen molar-refractivity contribution < 1.29 is 9.53 Å². The Morgan fingerprint density at radius 3 is 2.77 bits per heavy atom. The van der Waals surface area contributed by atoms with Crippen LogP contribution in [0.4, 0.5) is 5.82 Å². The van der Waals surface area contributed by atoms with E-state index in [1.807, 2.05) is 13.0 Å². The fraction of sp³-hybridized carbons (Fsp3) is 0.250. The third-order valence-corrected chi connectivity index (χ3v) is 3.73. The van der Waals surface area contributed by atoms with Gasteiger partial charge in [0.2, 0.25) is 0 Å². The summed E-state index contributed by atoms with van der Waals surface area (Å²) in [4.78, 5) is 18.4. The van der Waals surface area contributed by atoms with Gasteiger partial charge in [-0.15, -0.1) is 0 Å². The molecule has 0 bridgehead atoms. The van der Waals surface area contributed by atoms with Gasteiger partial charge in [-0.3, -0.25) is 9.69 Å². The molecule has 0 saturated heterocycles. The van der Waals surface area contributed by atoms with Gasteiger partial charge in [-0.25, -0.2) is 4.98 Å². The van der Waals surface area contributed by atoms with Crippen LogP contribution in [0.2, 0.25) is 5.02 Å². The van der Waals surface area contributed by atoms with Crippen molar-refractivity contribution >= 4 is 39.3 Å². The molecule has 0 fully saturated rings. The van der Waals surface area contributed by atoms with Crippen LogP contribution in [0.5, 0.6) is 5.75 Å². The average molecular weight is 384 g/mol. The lowest BCUT2D eigenvalue weighted by atomic mass is 10.3. The molecule has 0 aliphatic rings. The number of halogens is 2. The van der Waals surface area contributed by atoms with Crippen molar-refractivity contribution in [3.63, 3.8) is 0 Å². The van der Waals surface area contributed by atoms with Gasteiger partial charge in [0.15, 0.2) is 6.10 Å². The van der Waals surface area contributed by atoms with E-state index in [1.165, 1.54) is 0 Å². The summed E-state index contributed by atoms with van der Waals surface area (Å²) in [7, 11) is 0. The van der Waals surface area contributed by atoms with Gasteiger partial charge in [0, 0.05) is 22.2 Å². The molecule has 0 N–H and O–H groups in total. The molecule has 1 unspecified atom stereocenters. The normalized spacial score (nSPS) is 11.8. The van der Waals surface area contributed by atoms with E-state index in [0.717, 1.165) is 4.47 Å². The van der Waals surface area contributed by atoms with Crippen LogP contribution in [-0.2, 0) is 4.79 Å². The monoisotopic (exact) mass is 382 g/mol. The molecule has 0 spiro atoms. The van der Waals surface area contributed by atoms with Gasteiger partial charge >= 0.3 is 0 Å². The van der Waals surface area contributed by atoms with Crippen molar-refractivity contribution in [1.29, 1.82) is 0 Å². The molecule has 4 nitrogen and oxygen atoms in total. The van der Waals surface area contributed by atoms with E-state index in [4.69, 9.17) is 16.3 Å². The maximum atomic E-state index is 12.6. The van der Waals surface area contributed by atoms with Crippen LogP contribution in [0.15, 0.2) is 47.1 Å². The zero-order chi connectivity index (χ0) is 16.1. The molecule has 1 heterocycles. The third-order valence-electron chi connectivity index (χ3n) is 3.03. The largest absolute Gasteiger partial charge is 0.481 e. The van der Waals surface area contributed by atoms with Gasteiger partial charge in [-0.2, -0.15) is 0 Å². The van der Waals surface area contributed by atoms with Gasteiger partial charge in [0.1, 0.15) is 11.6 Å². The minimum Gasteiger partial charge on any atom is -0.481 e. The second-order valence-corrected chi connectivity index (χ2v) is 5.99. The molecular weight excluding hydrogens is 368 g/mol. The van der Waals surface area contributed by atoms with Crippen molar-refractivity contribution in [3.8, 4) is 5.75 Å². The van der Waals surface area contributed by atoms with Crippen molar-refractivity contribution in [2.45, 2.75) is 20.0 Å². The Balaban J connectivity index is 2.12. The van der Waals surface area contributed by atoms with Crippen molar-refractivity contribution in [3.05, 3.63) is 52.1 Å². The number of ether oxygens (including phenoxy) is 1. The Bertz CT molecular complexity index is 649. The molecule has 22 heavy (non-hydrogen) atoms. The van der Waals surface area contributed by atoms with Crippen LogP contribution in [0, 0.1) is 0 Å². The van der Waals surface area contributed by atoms with E-state index in [2.05, 4.69) is 20.9 Å². The summed E-state index contributed by atoms with van der Waals surface area (Å²) in [6.07, 6.45) is 1.03. The first-order valence-electron chi connectivity index (χ1n) is 6.86. The van der Waals surface area contributed by atoms with Gasteiger partial charge in [-0.1, -0.05) is 17.7 Å². The van der Waals surface area contributed by atoms with Crippen molar-refractivity contribution in [2.24, 2.45) is 0 Å². The Morgan fingerprint density at radius 1 is 1.41 bits per heavy atom. The van der Waals surface area contributed by atoms with Crippen LogP contribution in [0.1, 0.15) is 13.8 Å². The van der Waals surface area contributed by atoms with Crippen LogP contribution in [-0.4, -0.2) is 23.5 Å². The molecule has 1 aromatic carbocycles. The molecule has 0 aliphatic carbocycles. The lowest BCUT2D eigenvalue weighted by molar-refractivity contribution is -0.124. The Kier molecular flexibility index (Phi) is 5.80. The van der Waals surface area contributed by atoms with Crippen LogP contribution < -0.4 is 9.64 Å². The molecule has 116 valence electrons. The minimum absolute atomic E-state index is 0.155. The first-order valence-corrected chi connectivity index (χ1v) is 8.03. The minimum atomic E-state index is -0.635. The Labute approximate surface area is 143 Å². The predicted molar refractivity (Wildman–Crippen MR) is 91.5 cm³/mol. The highest BCUT2D eigenvalue weighted by molar-refractivity contribution is 9.10. The summed E-state index contributed by atoms with van der Waals surface area (Å²) in [6, 6.07) is 10.6. The molecule has 6 heteroatoms. The number of aromatic nitrogens is 1. The topological polar surface area (TPSA) is 42.4 Å². The van der Waals surface area contributed by atoms with Gasteiger partial charge < -0.3 is 4.74 Å². The van der Waals surface area contributed by atoms with Crippen molar-refractivity contribution in [1.82, 2.24) is 4.98 Å². The van der Waals surface area contributed by atoms with E-state index < -0.39 is 6.10 Å². The van der Waals surface area contributed by atoms with Crippen molar-refractivity contribution in [2.75, 3.05) is 11.4 Å². The summed E-state index contributed by atoms with van der Waals surface area (Å²) in [6.45, 7) is 4.12. The highest BCUT2D eigenvalue weighted by Crippen LogP contribution is 2.20. The lowest BCUT2D eigenvalue weighted by Crippen LogP contribution is -2.41. The number of benzene rings is 1. The number of carbonyl (C=O) groups excluding carboxylic acids is 1. The van der Waals surface area contributed by atoms with Gasteiger partial charge in [-0.05, 0) is 60.1 Å². The smallest absolute Gasteiger partial charge is 0.268 e. The number of amides is 1. The second-order valence-electron chi connectivity index (χ2n) is 4.63. The molecule has 0 aliphatic heterocycles. The molecule has 1 atom stereocenters. The van der Waals surface area contributed by atoms with Gasteiger partial charge in [0.05, 0.1) is 0 Å². The molecule has 2 aromatic rings. The zero-order valence-electron chi connectivity index (χ0n) is 12.3. The first-order chi connectivity index (χ1) is 10.5. The maximum Gasteiger partial charge on any atom is 0.268 e. The fourth-order valence-electron chi connectivity index (χ4n) is 1.97. The number of hydrogen-bond acceptors (Lipinski definition) is 3. The summed E-state index contributed by atoms with van der Waals surface area (Å²) in [5.74, 6) is 1.00. The van der Waals surface area contributed by atoms with E-state index in [0.29, 0.717) is 23.1 Å². The molecule has 2 rings (SSSR count). The fourth-order valence-corrected chi connectivity index (χ4v) is 2.39. The number of likely N-dealkylation sites (N-methyl/N-ethyl adjacent to an activating group) is 1. The number of anilines is 1. The van der Waals surface area contributed by atoms with Crippen LogP contribution in [0.25, 0.3) is 0 Å². The summed E-state index contributed by atoms with van der Waals surface area (Å²) < 4.78 is 6.54. The lowest BCUT2D eigenvalue weighted by Gasteiger charge is -2.24. The zero-order valence-corrected chi connectivity index (χ0v) is 14.6. The number of nitrogens with zero attached hydrogens (tertiary/aromatic N) is 2. The van der Waals surface area contributed by atoms with Gasteiger partial charge in [0.25, 0.3) is 5.91 Å². The standard InChI is InChI=1S/C16H16BrClN2O2/c1-3-20(15-8-7-12(17)10-19-15)16(21)11(2)22-14-6-4-5-13(18)9-14/h4-11H,3H2,1-2H3. The third kappa shape index (κ3) is 4.21. The molecule has 0 saturated carbocycles. The highest BCUT2D eigenvalue weighted by atomic mass is 79.9. The number of rotatable bonds is 5. The summed E-state index contributed by atoms with van der Waals surface area (Å²) in [5.41, 5.74) is 0. The highest BCUT2D eigenvalue weighted by Gasteiger charge is 2.23. The summed E-state index contributed by atoms with van der Waals surface area (Å²) in [5, 5.41) is 0.569. The first kappa shape index (κ1) is 16.8. The van der Waals surface area contributed by atoms with E-state index in [-0.39, 0.29) is 5.91 Å². The quantitative estimate of drug-likeness (QED) is 0.772. The second kappa shape index (κ2) is 7.61. The molecule has 0 radical (unpaired) electrons. The maximum absolute atomic E-state index is 12.6. The van der Waals surface area contributed by atoms with Crippen LogP contribution >= 0.6 is 27.5 Å². The average Bonchev–Trinajstić information content (AvgIpc) is 2.49. The molecular formula is C16H16BrClN2O2. The molecule has 1 amide bonds. The van der Waals surface area contributed by atoms with E-state index in [9.17, 15) is 4.79 Å². The number of carbonyl (C=O) groups is 1. The molecule has 1 aromatic heterocycles. The SMILES string of the molecule is CCN(C(=O)C(C)Oc1cccc(Cl)c1)c1ccc(Br)cn1. The number of hydrogen-bond donors (Lipinski definition) is 0. The number of pyridine rings is 1.